The normalized spacial score (nSPS) is 25.5. The third-order valence-electron chi connectivity index (χ3n) is 4.30. The van der Waals surface area contributed by atoms with Crippen LogP contribution in [0.3, 0.4) is 0 Å². The minimum atomic E-state index is -0.556. The molecule has 1 aliphatic heterocycles. The Bertz CT molecular complexity index is 597. The molecule has 2 fully saturated rings. The molecule has 19 heavy (non-hydrogen) atoms. The highest BCUT2D eigenvalue weighted by atomic mass is 16.7. The van der Waals surface area contributed by atoms with E-state index in [1.54, 1.807) is 24.3 Å². The smallest absolute Gasteiger partial charge is 0.329 e. The number of amides is 2. The van der Waals surface area contributed by atoms with Gasteiger partial charge in [0, 0.05) is 0 Å². The summed E-state index contributed by atoms with van der Waals surface area (Å²) < 4.78 is 0. The Morgan fingerprint density at radius 3 is 2.21 bits per heavy atom. The van der Waals surface area contributed by atoms with Gasteiger partial charge in [-0.05, 0) is 36.8 Å². The maximum Gasteiger partial charge on any atom is 0.336 e. The van der Waals surface area contributed by atoms with Crippen LogP contribution < -0.4 is 0 Å². The van der Waals surface area contributed by atoms with Gasteiger partial charge in [-0.1, -0.05) is 17.2 Å². The van der Waals surface area contributed by atoms with Crippen LogP contribution in [0, 0.1) is 11.3 Å². The predicted octanol–water partition coefficient (Wildman–Crippen LogP) is 1.54. The summed E-state index contributed by atoms with van der Waals surface area (Å²) in [5.41, 5.74) is 0.727. The Morgan fingerprint density at radius 1 is 1.16 bits per heavy atom. The highest BCUT2D eigenvalue weighted by molar-refractivity contribution is 6.20. The highest BCUT2D eigenvalue weighted by Gasteiger charge is 2.67. The van der Waals surface area contributed by atoms with Crippen molar-refractivity contribution in [2.45, 2.75) is 19.3 Å². The molecule has 4 rings (SSSR count). The van der Waals surface area contributed by atoms with Gasteiger partial charge in [-0.15, -0.1) is 0 Å². The lowest BCUT2D eigenvalue weighted by molar-refractivity contribution is -0.170. The average molecular weight is 257 g/mol. The number of carbonyl (C=O) groups is 3. The Kier molecular flexibility index (Phi) is 1.82. The van der Waals surface area contributed by atoms with Gasteiger partial charge in [0.05, 0.1) is 17.0 Å². The number of rotatable bonds is 2. The van der Waals surface area contributed by atoms with Crippen LogP contribution in [0.15, 0.2) is 24.3 Å². The Balaban J connectivity index is 1.55. The summed E-state index contributed by atoms with van der Waals surface area (Å²) in [6, 6.07) is 6.47. The summed E-state index contributed by atoms with van der Waals surface area (Å²) in [6.45, 7) is 0. The van der Waals surface area contributed by atoms with E-state index in [9.17, 15) is 14.4 Å². The molecular formula is C14H11NO4. The molecule has 5 heteroatoms. The zero-order chi connectivity index (χ0) is 13.2. The first-order valence-corrected chi connectivity index (χ1v) is 6.32. The monoisotopic (exact) mass is 257 g/mol. The van der Waals surface area contributed by atoms with Gasteiger partial charge in [-0.2, -0.15) is 0 Å². The topological polar surface area (TPSA) is 63.7 Å². The molecule has 2 saturated carbocycles. The SMILES string of the molecule is O=C(ON1C(=O)c2ccccc2C1=O)[C@@H]1CC12CC2. The number of imide groups is 1. The zero-order valence-corrected chi connectivity index (χ0v) is 10.1. The van der Waals surface area contributed by atoms with Crippen molar-refractivity contribution in [3.05, 3.63) is 35.4 Å². The van der Waals surface area contributed by atoms with Gasteiger partial charge in [0.25, 0.3) is 11.8 Å². The van der Waals surface area contributed by atoms with E-state index in [4.69, 9.17) is 4.84 Å². The lowest BCUT2D eigenvalue weighted by Gasteiger charge is -2.12. The molecule has 0 aromatic heterocycles. The molecule has 1 aromatic rings. The second-order valence-corrected chi connectivity index (χ2v) is 5.48. The van der Waals surface area contributed by atoms with Gasteiger partial charge >= 0.3 is 5.97 Å². The Hall–Kier alpha value is -2.17. The van der Waals surface area contributed by atoms with Crippen molar-refractivity contribution in [1.29, 1.82) is 0 Å². The summed E-state index contributed by atoms with van der Waals surface area (Å²) in [4.78, 5) is 40.9. The van der Waals surface area contributed by atoms with Crippen molar-refractivity contribution in [3.63, 3.8) is 0 Å². The molecule has 0 saturated heterocycles. The van der Waals surface area contributed by atoms with E-state index in [2.05, 4.69) is 0 Å². The summed E-state index contributed by atoms with van der Waals surface area (Å²) in [6.07, 6.45) is 2.93. The summed E-state index contributed by atoms with van der Waals surface area (Å²) >= 11 is 0. The van der Waals surface area contributed by atoms with Gasteiger partial charge in [0.1, 0.15) is 0 Å². The molecular weight excluding hydrogens is 246 g/mol. The number of fused-ring (bicyclic) bond motifs is 1. The number of carbonyl (C=O) groups excluding carboxylic acids is 3. The second-order valence-electron chi connectivity index (χ2n) is 5.48. The molecule has 3 aliphatic rings. The number of hydroxylamine groups is 2. The van der Waals surface area contributed by atoms with Crippen LogP contribution in [0.1, 0.15) is 40.0 Å². The van der Waals surface area contributed by atoms with Crippen LogP contribution in [0.25, 0.3) is 0 Å². The Labute approximate surface area is 109 Å². The second kappa shape index (κ2) is 3.23. The molecule has 2 aliphatic carbocycles. The predicted molar refractivity (Wildman–Crippen MR) is 62.8 cm³/mol. The average Bonchev–Trinajstić information content (AvgIpc) is 3.33. The van der Waals surface area contributed by atoms with Gasteiger partial charge < -0.3 is 4.84 Å². The molecule has 2 amide bonds. The summed E-state index contributed by atoms with van der Waals surface area (Å²) in [5, 5.41) is 0.599. The maximum atomic E-state index is 12.0. The molecule has 0 radical (unpaired) electrons. The molecule has 1 heterocycles. The first-order valence-electron chi connectivity index (χ1n) is 6.32. The minimum absolute atomic E-state index is 0.128. The van der Waals surface area contributed by atoms with Crippen molar-refractivity contribution in [1.82, 2.24) is 5.06 Å². The van der Waals surface area contributed by atoms with E-state index >= 15 is 0 Å². The number of hydrogen-bond acceptors (Lipinski definition) is 4. The molecule has 1 aromatic carbocycles. The zero-order valence-electron chi connectivity index (χ0n) is 10.1. The molecule has 1 spiro atoms. The number of hydrogen-bond donors (Lipinski definition) is 0. The van der Waals surface area contributed by atoms with E-state index in [1.807, 2.05) is 0 Å². The molecule has 0 unspecified atom stereocenters. The van der Waals surface area contributed by atoms with E-state index in [0.29, 0.717) is 5.06 Å². The largest absolute Gasteiger partial charge is 0.336 e. The van der Waals surface area contributed by atoms with Gasteiger partial charge in [-0.3, -0.25) is 9.59 Å². The minimum Gasteiger partial charge on any atom is -0.329 e. The lowest BCUT2D eigenvalue weighted by Crippen LogP contribution is -2.33. The molecule has 0 bridgehead atoms. The standard InChI is InChI=1S/C14H11NO4/c16-11-8-3-1-2-4-9(8)12(17)15(11)19-13(18)10-7-14(10)5-6-14/h1-4,10H,5-7H2/t10-/m0/s1. The molecule has 0 N–H and O–H groups in total. The first kappa shape index (κ1) is 10.7. The summed E-state index contributed by atoms with van der Waals surface area (Å²) in [5.74, 6) is -1.69. The highest BCUT2D eigenvalue weighted by Crippen LogP contribution is 2.70. The van der Waals surface area contributed by atoms with E-state index in [1.165, 1.54) is 0 Å². The maximum absolute atomic E-state index is 12.0. The van der Waals surface area contributed by atoms with E-state index < -0.39 is 17.8 Å². The fraction of sp³-hybridized carbons (Fsp3) is 0.357. The van der Waals surface area contributed by atoms with E-state index in [0.717, 1.165) is 19.3 Å². The third kappa shape index (κ3) is 1.38. The van der Waals surface area contributed by atoms with Gasteiger partial charge in [0.2, 0.25) is 0 Å². The molecule has 96 valence electrons. The van der Waals surface area contributed by atoms with Crippen molar-refractivity contribution in [2.75, 3.05) is 0 Å². The van der Waals surface area contributed by atoms with Crippen molar-refractivity contribution in [3.8, 4) is 0 Å². The number of benzene rings is 1. The number of nitrogens with zero attached hydrogens (tertiary/aromatic N) is 1. The van der Waals surface area contributed by atoms with Crippen LogP contribution in [0.2, 0.25) is 0 Å². The van der Waals surface area contributed by atoms with E-state index in [-0.39, 0.29) is 22.5 Å². The molecule has 1 atom stereocenters. The quantitative estimate of drug-likeness (QED) is 0.754. The van der Waals surface area contributed by atoms with Crippen molar-refractivity contribution < 1.29 is 19.2 Å². The third-order valence-corrected chi connectivity index (χ3v) is 4.30. The fourth-order valence-corrected chi connectivity index (χ4v) is 2.80. The van der Waals surface area contributed by atoms with Crippen LogP contribution in [-0.4, -0.2) is 22.8 Å². The van der Waals surface area contributed by atoms with Crippen LogP contribution in [0.5, 0.6) is 0 Å². The van der Waals surface area contributed by atoms with Crippen molar-refractivity contribution >= 4 is 17.8 Å². The fourth-order valence-electron chi connectivity index (χ4n) is 2.80. The van der Waals surface area contributed by atoms with Gasteiger partial charge in [-0.25, -0.2) is 4.79 Å². The Morgan fingerprint density at radius 2 is 1.74 bits per heavy atom. The first-order chi connectivity index (χ1) is 9.12. The summed E-state index contributed by atoms with van der Waals surface area (Å²) in [7, 11) is 0. The molecule has 5 nitrogen and oxygen atoms in total. The van der Waals surface area contributed by atoms with Crippen molar-refractivity contribution in [2.24, 2.45) is 11.3 Å². The van der Waals surface area contributed by atoms with Gasteiger partial charge in [0.15, 0.2) is 0 Å². The van der Waals surface area contributed by atoms with Crippen LogP contribution >= 0.6 is 0 Å². The van der Waals surface area contributed by atoms with Crippen LogP contribution in [-0.2, 0) is 9.63 Å². The lowest BCUT2D eigenvalue weighted by atomic mass is 10.1. The van der Waals surface area contributed by atoms with Crippen LogP contribution in [0.4, 0.5) is 0 Å².